The Hall–Kier alpha value is -2.08. The van der Waals surface area contributed by atoms with Crippen LogP contribution in [0.15, 0.2) is 24.3 Å². The van der Waals surface area contributed by atoms with Gasteiger partial charge in [0.05, 0.1) is 13.0 Å². The minimum absolute atomic E-state index is 0.0113. The van der Waals surface area contributed by atoms with Gasteiger partial charge < -0.3 is 19.5 Å². The summed E-state index contributed by atoms with van der Waals surface area (Å²) >= 11 is 0. The van der Waals surface area contributed by atoms with Gasteiger partial charge in [0, 0.05) is 19.7 Å². The van der Waals surface area contributed by atoms with E-state index in [1.54, 1.807) is 6.92 Å². The van der Waals surface area contributed by atoms with Crippen molar-refractivity contribution in [2.24, 2.45) is 0 Å². The molecule has 0 fully saturated rings. The summed E-state index contributed by atoms with van der Waals surface area (Å²) in [5, 5.41) is 8.96. The van der Waals surface area contributed by atoms with Gasteiger partial charge in [-0.05, 0) is 37.5 Å². The molecule has 0 spiro atoms. The number of aliphatic hydroxyl groups is 1. The molecule has 0 aliphatic carbocycles. The molecule has 1 N–H and O–H groups in total. The van der Waals surface area contributed by atoms with Crippen LogP contribution in [-0.4, -0.2) is 54.8 Å². The number of aryl methyl sites for hydroxylation is 1. The maximum absolute atomic E-state index is 12.3. The average Bonchev–Trinajstić information content (AvgIpc) is 2.60. The number of esters is 1. The van der Waals surface area contributed by atoms with E-state index in [4.69, 9.17) is 14.6 Å². The molecule has 0 radical (unpaired) electrons. The summed E-state index contributed by atoms with van der Waals surface area (Å²) in [6, 6.07) is 7.61. The van der Waals surface area contributed by atoms with E-state index < -0.39 is 0 Å². The first-order valence-electron chi connectivity index (χ1n) is 8.36. The highest BCUT2D eigenvalue weighted by Crippen LogP contribution is 2.13. The lowest BCUT2D eigenvalue weighted by atomic mass is 10.2. The second-order valence-corrected chi connectivity index (χ2v) is 5.30. The molecule has 134 valence electrons. The van der Waals surface area contributed by atoms with E-state index in [1.165, 1.54) is 4.90 Å². The third-order valence-corrected chi connectivity index (χ3v) is 3.50. The first-order valence-corrected chi connectivity index (χ1v) is 8.36. The molecule has 6 heteroatoms. The Morgan fingerprint density at radius 1 is 1.21 bits per heavy atom. The minimum Gasteiger partial charge on any atom is -0.484 e. The lowest BCUT2D eigenvalue weighted by molar-refractivity contribution is -0.144. The zero-order valence-corrected chi connectivity index (χ0v) is 14.5. The summed E-state index contributed by atoms with van der Waals surface area (Å²) in [6.07, 6.45) is 1.49. The number of rotatable bonds is 11. The summed E-state index contributed by atoms with van der Waals surface area (Å²) in [5.41, 5.74) is 1.14. The third-order valence-electron chi connectivity index (χ3n) is 3.50. The average molecular weight is 337 g/mol. The second kappa shape index (κ2) is 11.5. The van der Waals surface area contributed by atoms with Gasteiger partial charge >= 0.3 is 5.97 Å². The number of amides is 1. The maximum atomic E-state index is 12.3. The second-order valence-electron chi connectivity index (χ2n) is 5.30. The number of aliphatic hydroxyl groups excluding tert-OH is 1. The monoisotopic (exact) mass is 337 g/mol. The summed E-state index contributed by atoms with van der Waals surface area (Å²) in [5.74, 6) is 0.0979. The normalized spacial score (nSPS) is 10.3. The smallest absolute Gasteiger partial charge is 0.307 e. The van der Waals surface area contributed by atoms with Crippen LogP contribution in [0.25, 0.3) is 0 Å². The fourth-order valence-corrected chi connectivity index (χ4v) is 2.17. The topological polar surface area (TPSA) is 76.1 Å². The van der Waals surface area contributed by atoms with E-state index in [9.17, 15) is 9.59 Å². The molecule has 0 aromatic heterocycles. The SMILES string of the molecule is CCOC(=O)CCN(CCCO)C(=O)COc1cccc(CC)c1. The first kappa shape index (κ1) is 20.0. The van der Waals surface area contributed by atoms with E-state index in [1.807, 2.05) is 24.3 Å². The van der Waals surface area contributed by atoms with E-state index in [0.29, 0.717) is 25.3 Å². The molecule has 0 saturated heterocycles. The number of ether oxygens (including phenoxy) is 2. The van der Waals surface area contributed by atoms with Gasteiger partial charge in [-0.3, -0.25) is 9.59 Å². The summed E-state index contributed by atoms with van der Waals surface area (Å²) < 4.78 is 10.4. The predicted molar refractivity (Wildman–Crippen MR) is 90.8 cm³/mol. The van der Waals surface area contributed by atoms with Crippen LogP contribution in [-0.2, 0) is 20.7 Å². The van der Waals surface area contributed by atoms with Crippen molar-refractivity contribution in [3.63, 3.8) is 0 Å². The predicted octanol–water partition coefficient (Wildman–Crippen LogP) is 1.79. The molecule has 0 aliphatic rings. The van der Waals surface area contributed by atoms with Crippen molar-refractivity contribution in [2.45, 2.75) is 33.1 Å². The lowest BCUT2D eigenvalue weighted by Crippen LogP contribution is -2.37. The van der Waals surface area contributed by atoms with Crippen molar-refractivity contribution in [2.75, 3.05) is 32.9 Å². The Morgan fingerprint density at radius 2 is 2.00 bits per heavy atom. The number of hydrogen-bond donors (Lipinski definition) is 1. The Labute approximate surface area is 143 Å². The fraction of sp³-hybridized carbons (Fsp3) is 0.556. The Kier molecular flexibility index (Phi) is 9.53. The van der Waals surface area contributed by atoms with Crippen molar-refractivity contribution >= 4 is 11.9 Å². The Bertz CT molecular complexity index is 518. The van der Waals surface area contributed by atoms with Crippen LogP contribution in [0.4, 0.5) is 0 Å². The van der Waals surface area contributed by atoms with Gasteiger partial charge in [-0.15, -0.1) is 0 Å². The molecular weight excluding hydrogens is 310 g/mol. The van der Waals surface area contributed by atoms with Crippen molar-refractivity contribution in [1.29, 1.82) is 0 Å². The standard InChI is InChI=1S/C18H27NO5/c1-3-15-7-5-8-16(13-15)24-14-17(21)19(10-6-12-20)11-9-18(22)23-4-2/h5,7-8,13,20H,3-4,6,9-12,14H2,1-2H3. The molecule has 0 heterocycles. The largest absolute Gasteiger partial charge is 0.484 e. The number of carbonyl (C=O) groups is 2. The zero-order chi connectivity index (χ0) is 17.8. The van der Waals surface area contributed by atoms with Crippen LogP contribution in [0.5, 0.6) is 5.75 Å². The van der Waals surface area contributed by atoms with E-state index in [-0.39, 0.29) is 38.1 Å². The van der Waals surface area contributed by atoms with Gasteiger partial charge in [-0.1, -0.05) is 19.1 Å². The fourth-order valence-electron chi connectivity index (χ4n) is 2.17. The van der Waals surface area contributed by atoms with Crippen LogP contribution < -0.4 is 4.74 Å². The van der Waals surface area contributed by atoms with Gasteiger partial charge in [-0.25, -0.2) is 0 Å². The molecule has 1 amide bonds. The number of nitrogens with zero attached hydrogens (tertiary/aromatic N) is 1. The summed E-state index contributed by atoms with van der Waals surface area (Å²) in [4.78, 5) is 25.3. The Morgan fingerprint density at radius 3 is 2.67 bits per heavy atom. The molecule has 0 aliphatic heterocycles. The van der Waals surface area contributed by atoms with Crippen LogP contribution in [0.3, 0.4) is 0 Å². The van der Waals surface area contributed by atoms with E-state index in [2.05, 4.69) is 6.92 Å². The molecule has 1 aromatic carbocycles. The molecule has 0 unspecified atom stereocenters. The van der Waals surface area contributed by atoms with Crippen molar-refractivity contribution in [3.8, 4) is 5.75 Å². The Balaban J connectivity index is 2.54. The summed E-state index contributed by atoms with van der Waals surface area (Å²) in [7, 11) is 0. The number of hydrogen-bond acceptors (Lipinski definition) is 5. The van der Waals surface area contributed by atoms with Gasteiger partial charge in [0.25, 0.3) is 5.91 Å². The quantitative estimate of drug-likeness (QED) is 0.623. The van der Waals surface area contributed by atoms with Gasteiger partial charge in [0.2, 0.25) is 0 Å². The highest BCUT2D eigenvalue weighted by molar-refractivity contribution is 5.78. The van der Waals surface area contributed by atoms with Crippen molar-refractivity contribution in [1.82, 2.24) is 4.90 Å². The molecule has 0 bridgehead atoms. The minimum atomic E-state index is -0.337. The van der Waals surface area contributed by atoms with Crippen LogP contribution in [0, 0.1) is 0 Å². The first-order chi connectivity index (χ1) is 11.6. The molecule has 6 nitrogen and oxygen atoms in total. The van der Waals surface area contributed by atoms with Gasteiger partial charge in [0.1, 0.15) is 5.75 Å². The maximum Gasteiger partial charge on any atom is 0.307 e. The van der Waals surface area contributed by atoms with E-state index >= 15 is 0 Å². The highest BCUT2D eigenvalue weighted by atomic mass is 16.5. The molecule has 1 rings (SSSR count). The number of benzene rings is 1. The number of carbonyl (C=O) groups excluding carboxylic acids is 2. The lowest BCUT2D eigenvalue weighted by Gasteiger charge is -2.22. The molecule has 0 saturated carbocycles. The van der Waals surface area contributed by atoms with Crippen LogP contribution >= 0.6 is 0 Å². The van der Waals surface area contributed by atoms with Gasteiger partial charge in [-0.2, -0.15) is 0 Å². The molecule has 0 atom stereocenters. The highest BCUT2D eigenvalue weighted by Gasteiger charge is 2.16. The summed E-state index contributed by atoms with van der Waals surface area (Å²) in [6.45, 7) is 4.65. The zero-order valence-electron chi connectivity index (χ0n) is 14.5. The molecular formula is C18H27NO5. The van der Waals surface area contributed by atoms with E-state index in [0.717, 1.165) is 12.0 Å². The van der Waals surface area contributed by atoms with Crippen LogP contribution in [0.1, 0.15) is 32.3 Å². The van der Waals surface area contributed by atoms with Crippen molar-refractivity contribution < 1.29 is 24.2 Å². The molecule has 24 heavy (non-hydrogen) atoms. The third kappa shape index (κ3) is 7.46. The molecule has 1 aromatic rings. The van der Waals surface area contributed by atoms with Crippen molar-refractivity contribution in [3.05, 3.63) is 29.8 Å². The van der Waals surface area contributed by atoms with Gasteiger partial charge in [0.15, 0.2) is 6.61 Å². The van der Waals surface area contributed by atoms with Crippen LogP contribution in [0.2, 0.25) is 0 Å².